The molecule has 0 aliphatic carbocycles. The first kappa shape index (κ1) is 11.6. The van der Waals surface area contributed by atoms with E-state index in [1.54, 1.807) is 0 Å². The average molecular weight is 219 g/mol. The molecule has 0 amide bonds. The summed E-state index contributed by atoms with van der Waals surface area (Å²) in [7, 11) is 0. The third-order valence-electron chi connectivity index (χ3n) is 3.51. The van der Waals surface area contributed by atoms with Gasteiger partial charge in [-0.15, -0.1) is 0 Å². The second-order valence-electron chi connectivity index (χ2n) is 5.12. The molecule has 0 radical (unpaired) electrons. The van der Waals surface area contributed by atoms with Crippen molar-refractivity contribution in [2.24, 2.45) is 11.8 Å². The maximum Gasteiger partial charge on any atom is 0.0615 e. The van der Waals surface area contributed by atoms with Gasteiger partial charge in [0.1, 0.15) is 0 Å². The fourth-order valence-electron chi connectivity index (χ4n) is 2.64. The minimum atomic E-state index is -0.132. The van der Waals surface area contributed by atoms with Crippen molar-refractivity contribution >= 4 is 0 Å². The topological polar surface area (TPSA) is 23.5 Å². The lowest BCUT2D eigenvalue weighted by molar-refractivity contribution is -0.0107. The summed E-state index contributed by atoms with van der Waals surface area (Å²) in [6, 6.07) is 10.6. The van der Waals surface area contributed by atoms with Crippen LogP contribution >= 0.6 is 0 Å². The van der Waals surface area contributed by atoms with E-state index in [1.165, 1.54) is 5.56 Å². The average Bonchev–Trinajstić information content (AvgIpc) is 2.27. The molecule has 2 nitrogen and oxygen atoms in total. The molecule has 0 bridgehead atoms. The summed E-state index contributed by atoms with van der Waals surface area (Å²) in [5.41, 5.74) is 1.36. The van der Waals surface area contributed by atoms with E-state index in [0.717, 1.165) is 19.6 Å². The molecule has 1 heterocycles. The first-order chi connectivity index (χ1) is 7.66. The molecule has 1 aliphatic rings. The Balaban J connectivity index is 1.97. The fourth-order valence-corrected chi connectivity index (χ4v) is 2.64. The van der Waals surface area contributed by atoms with Crippen LogP contribution in [0.5, 0.6) is 0 Å². The largest absolute Gasteiger partial charge is 0.392 e. The van der Waals surface area contributed by atoms with E-state index in [1.807, 2.05) is 0 Å². The molecule has 1 N–H and O–H groups in total. The minimum absolute atomic E-state index is 0.132. The number of hydrogen-bond donors (Lipinski definition) is 1. The van der Waals surface area contributed by atoms with Gasteiger partial charge in [-0.25, -0.2) is 0 Å². The van der Waals surface area contributed by atoms with Crippen LogP contribution in [0.1, 0.15) is 19.4 Å². The van der Waals surface area contributed by atoms with E-state index in [9.17, 15) is 5.11 Å². The van der Waals surface area contributed by atoms with Crippen molar-refractivity contribution in [3.8, 4) is 0 Å². The van der Waals surface area contributed by atoms with E-state index in [4.69, 9.17) is 0 Å². The summed E-state index contributed by atoms with van der Waals surface area (Å²) >= 11 is 0. The summed E-state index contributed by atoms with van der Waals surface area (Å²) in [4.78, 5) is 2.44. The van der Waals surface area contributed by atoms with Crippen LogP contribution in [0.15, 0.2) is 30.3 Å². The predicted octanol–water partition coefficient (Wildman–Crippen LogP) is 2.14. The molecule has 2 unspecified atom stereocenters. The van der Waals surface area contributed by atoms with Crippen LogP contribution in [-0.2, 0) is 6.54 Å². The molecule has 16 heavy (non-hydrogen) atoms. The highest BCUT2D eigenvalue weighted by Crippen LogP contribution is 2.23. The van der Waals surface area contributed by atoms with Crippen molar-refractivity contribution in [1.29, 1.82) is 0 Å². The zero-order chi connectivity index (χ0) is 11.5. The Morgan fingerprint density at radius 2 is 1.69 bits per heavy atom. The van der Waals surface area contributed by atoms with Crippen LogP contribution in [0.25, 0.3) is 0 Å². The number of aliphatic hydroxyl groups is 1. The molecule has 1 aliphatic heterocycles. The van der Waals surface area contributed by atoms with Gasteiger partial charge in [-0.05, 0) is 17.4 Å². The maximum atomic E-state index is 9.90. The molecular formula is C14H21NO. The number of aliphatic hydroxyl groups excluding tert-OH is 1. The highest BCUT2D eigenvalue weighted by molar-refractivity contribution is 5.14. The summed E-state index contributed by atoms with van der Waals surface area (Å²) < 4.78 is 0. The van der Waals surface area contributed by atoms with E-state index >= 15 is 0 Å². The smallest absolute Gasteiger partial charge is 0.0615 e. The van der Waals surface area contributed by atoms with Gasteiger partial charge in [0.25, 0.3) is 0 Å². The molecule has 1 aromatic rings. The first-order valence-corrected chi connectivity index (χ1v) is 6.11. The standard InChI is InChI=1S/C14H21NO/c1-11-8-15(9-12(2)14(11)16)10-13-6-4-3-5-7-13/h3-7,11-12,14,16H,8-10H2,1-2H3. The van der Waals surface area contributed by atoms with Crippen LogP contribution in [-0.4, -0.2) is 29.2 Å². The Kier molecular flexibility index (Phi) is 3.62. The summed E-state index contributed by atoms with van der Waals surface area (Å²) in [6.45, 7) is 7.28. The van der Waals surface area contributed by atoms with Crippen molar-refractivity contribution in [1.82, 2.24) is 4.90 Å². The molecule has 1 aromatic carbocycles. The lowest BCUT2D eigenvalue weighted by atomic mass is 9.88. The van der Waals surface area contributed by atoms with Gasteiger partial charge in [0.2, 0.25) is 0 Å². The van der Waals surface area contributed by atoms with Gasteiger partial charge >= 0.3 is 0 Å². The molecule has 0 saturated carbocycles. The zero-order valence-corrected chi connectivity index (χ0v) is 10.1. The lowest BCUT2D eigenvalue weighted by Gasteiger charge is -2.38. The molecule has 1 fully saturated rings. The minimum Gasteiger partial charge on any atom is -0.392 e. The number of rotatable bonds is 2. The Bertz CT molecular complexity index is 313. The van der Waals surface area contributed by atoms with Gasteiger partial charge < -0.3 is 5.11 Å². The fraction of sp³-hybridized carbons (Fsp3) is 0.571. The van der Waals surface area contributed by atoms with E-state index in [2.05, 4.69) is 49.1 Å². The Labute approximate surface area is 97.9 Å². The zero-order valence-electron chi connectivity index (χ0n) is 10.1. The van der Waals surface area contributed by atoms with Crippen LogP contribution in [0.3, 0.4) is 0 Å². The van der Waals surface area contributed by atoms with Gasteiger partial charge in [-0.2, -0.15) is 0 Å². The molecule has 1 saturated heterocycles. The van der Waals surface area contributed by atoms with Crippen LogP contribution in [0.2, 0.25) is 0 Å². The Morgan fingerprint density at radius 3 is 2.25 bits per heavy atom. The molecule has 0 aromatic heterocycles. The normalized spacial score (nSPS) is 31.6. The SMILES string of the molecule is CC1CN(Cc2ccccc2)CC(C)C1O. The highest BCUT2D eigenvalue weighted by atomic mass is 16.3. The number of benzene rings is 1. The second-order valence-corrected chi connectivity index (χ2v) is 5.12. The highest BCUT2D eigenvalue weighted by Gasteiger charge is 2.29. The predicted molar refractivity (Wildman–Crippen MR) is 66.1 cm³/mol. The lowest BCUT2D eigenvalue weighted by Crippen LogP contribution is -2.46. The number of likely N-dealkylation sites (tertiary alicyclic amines) is 1. The van der Waals surface area contributed by atoms with Crippen molar-refractivity contribution in [3.63, 3.8) is 0 Å². The van der Waals surface area contributed by atoms with Crippen molar-refractivity contribution in [2.45, 2.75) is 26.5 Å². The van der Waals surface area contributed by atoms with Crippen molar-refractivity contribution in [2.75, 3.05) is 13.1 Å². The van der Waals surface area contributed by atoms with Crippen molar-refractivity contribution < 1.29 is 5.11 Å². The Morgan fingerprint density at radius 1 is 1.12 bits per heavy atom. The van der Waals surface area contributed by atoms with Gasteiger partial charge in [0, 0.05) is 19.6 Å². The molecule has 88 valence electrons. The van der Waals surface area contributed by atoms with Crippen LogP contribution in [0.4, 0.5) is 0 Å². The van der Waals surface area contributed by atoms with Gasteiger partial charge in [0.05, 0.1) is 6.10 Å². The van der Waals surface area contributed by atoms with Crippen LogP contribution < -0.4 is 0 Å². The van der Waals surface area contributed by atoms with Gasteiger partial charge in [-0.3, -0.25) is 4.90 Å². The summed E-state index contributed by atoms with van der Waals surface area (Å²) in [5.74, 6) is 0.764. The summed E-state index contributed by atoms with van der Waals surface area (Å²) in [6.07, 6.45) is -0.132. The third-order valence-corrected chi connectivity index (χ3v) is 3.51. The maximum absolute atomic E-state index is 9.90. The molecular weight excluding hydrogens is 198 g/mol. The Hall–Kier alpha value is -0.860. The first-order valence-electron chi connectivity index (χ1n) is 6.11. The number of piperidine rings is 1. The van der Waals surface area contributed by atoms with E-state index in [-0.39, 0.29) is 6.10 Å². The molecule has 0 spiro atoms. The van der Waals surface area contributed by atoms with E-state index < -0.39 is 0 Å². The number of hydrogen-bond acceptors (Lipinski definition) is 2. The monoisotopic (exact) mass is 219 g/mol. The quantitative estimate of drug-likeness (QED) is 0.823. The molecule has 2 atom stereocenters. The second kappa shape index (κ2) is 4.98. The van der Waals surface area contributed by atoms with Gasteiger partial charge in [0.15, 0.2) is 0 Å². The van der Waals surface area contributed by atoms with Crippen molar-refractivity contribution in [3.05, 3.63) is 35.9 Å². The molecule has 2 heteroatoms. The number of nitrogens with zero attached hydrogens (tertiary/aromatic N) is 1. The summed E-state index contributed by atoms with van der Waals surface area (Å²) in [5, 5.41) is 9.90. The van der Waals surface area contributed by atoms with Gasteiger partial charge in [-0.1, -0.05) is 44.2 Å². The van der Waals surface area contributed by atoms with Crippen LogP contribution in [0, 0.1) is 11.8 Å². The van der Waals surface area contributed by atoms with E-state index in [0.29, 0.717) is 11.8 Å². The molecule has 2 rings (SSSR count). The third kappa shape index (κ3) is 2.63.